The molecule has 160 valence electrons. The zero-order valence-electron chi connectivity index (χ0n) is 17.9. The maximum atomic E-state index is 13.4. The number of methoxy groups -OCH3 is 2. The quantitative estimate of drug-likeness (QED) is 0.762. The second-order valence-corrected chi connectivity index (χ2v) is 7.65. The highest BCUT2D eigenvalue weighted by Gasteiger charge is 2.43. The summed E-state index contributed by atoms with van der Waals surface area (Å²) in [7, 11) is 3.22. The van der Waals surface area contributed by atoms with Crippen LogP contribution in [0.4, 0.5) is 0 Å². The lowest BCUT2D eigenvalue weighted by molar-refractivity contribution is -0.135. The van der Waals surface area contributed by atoms with Crippen LogP contribution in [-0.2, 0) is 21.4 Å². The number of hydrogen-bond donors (Lipinski definition) is 1. The van der Waals surface area contributed by atoms with Crippen LogP contribution in [-0.4, -0.2) is 50.6 Å². The van der Waals surface area contributed by atoms with Crippen LogP contribution in [0, 0.1) is 0 Å². The molecule has 0 saturated carbocycles. The van der Waals surface area contributed by atoms with Gasteiger partial charge in [0, 0.05) is 26.6 Å². The smallest absolute Gasteiger partial charge is 0.230 e. The predicted molar refractivity (Wildman–Crippen MR) is 116 cm³/mol. The van der Waals surface area contributed by atoms with Crippen LogP contribution in [0.1, 0.15) is 30.9 Å². The van der Waals surface area contributed by atoms with Crippen molar-refractivity contribution in [3.8, 4) is 11.5 Å². The summed E-state index contributed by atoms with van der Waals surface area (Å²) in [5, 5.41) is 3.14. The number of benzene rings is 2. The fourth-order valence-electron chi connectivity index (χ4n) is 4.13. The van der Waals surface area contributed by atoms with E-state index in [1.54, 1.807) is 21.1 Å². The second kappa shape index (κ2) is 9.65. The lowest BCUT2D eigenvalue weighted by Crippen LogP contribution is -2.52. The normalized spacial score (nSPS) is 15.4. The van der Waals surface area contributed by atoms with Gasteiger partial charge in [0.2, 0.25) is 11.8 Å². The Morgan fingerprint density at radius 2 is 1.67 bits per heavy atom. The number of carbonyl (C=O) groups excluding carboxylic acids is 2. The number of nitrogens with one attached hydrogen (secondary N) is 1. The second-order valence-electron chi connectivity index (χ2n) is 7.65. The average molecular weight is 411 g/mol. The van der Waals surface area contributed by atoms with Crippen molar-refractivity contribution < 1.29 is 19.1 Å². The van der Waals surface area contributed by atoms with Crippen molar-refractivity contribution in [1.82, 2.24) is 10.2 Å². The Balaban J connectivity index is 1.70. The minimum atomic E-state index is -0.606. The lowest BCUT2D eigenvalue weighted by atomic mass is 9.72. The van der Waals surface area contributed by atoms with Crippen LogP contribution in [0.15, 0.2) is 48.5 Å². The number of piperidine rings is 1. The topological polar surface area (TPSA) is 67.9 Å². The monoisotopic (exact) mass is 410 g/mol. The Labute approximate surface area is 178 Å². The van der Waals surface area contributed by atoms with Gasteiger partial charge in [0.1, 0.15) is 0 Å². The minimum Gasteiger partial charge on any atom is -0.493 e. The van der Waals surface area contributed by atoms with Gasteiger partial charge < -0.3 is 19.7 Å². The van der Waals surface area contributed by atoms with Gasteiger partial charge in [-0.05, 0) is 42.5 Å². The highest BCUT2D eigenvalue weighted by Crippen LogP contribution is 2.36. The summed E-state index contributed by atoms with van der Waals surface area (Å²) in [4.78, 5) is 26.9. The molecule has 1 fully saturated rings. The van der Waals surface area contributed by atoms with Gasteiger partial charge in [0.25, 0.3) is 0 Å². The zero-order valence-corrected chi connectivity index (χ0v) is 17.9. The zero-order chi connectivity index (χ0) is 21.6. The molecule has 6 nitrogen and oxygen atoms in total. The molecule has 1 aliphatic rings. The molecule has 0 atom stereocenters. The molecule has 2 aromatic carbocycles. The predicted octanol–water partition coefficient (Wildman–Crippen LogP) is 2.94. The van der Waals surface area contributed by atoms with Crippen molar-refractivity contribution in [2.75, 3.05) is 33.9 Å². The van der Waals surface area contributed by atoms with Crippen molar-refractivity contribution in [2.24, 2.45) is 0 Å². The number of amides is 2. The number of rotatable bonds is 7. The summed E-state index contributed by atoms with van der Waals surface area (Å²) in [5.74, 6) is 1.45. The van der Waals surface area contributed by atoms with Gasteiger partial charge in [-0.25, -0.2) is 0 Å². The highest BCUT2D eigenvalue weighted by molar-refractivity contribution is 5.88. The van der Waals surface area contributed by atoms with Gasteiger partial charge in [-0.3, -0.25) is 9.59 Å². The first-order valence-electron chi connectivity index (χ1n) is 10.3. The highest BCUT2D eigenvalue weighted by atomic mass is 16.5. The number of nitrogens with zero attached hydrogens (tertiary/aromatic N) is 1. The maximum Gasteiger partial charge on any atom is 0.230 e. The molecule has 1 heterocycles. The number of likely N-dealkylation sites (tertiary alicyclic amines) is 1. The third kappa shape index (κ3) is 4.58. The van der Waals surface area contributed by atoms with Gasteiger partial charge in [-0.1, -0.05) is 36.4 Å². The summed E-state index contributed by atoms with van der Waals surface area (Å²) in [5.41, 5.74) is 1.47. The molecule has 3 rings (SSSR count). The van der Waals surface area contributed by atoms with E-state index in [1.165, 1.54) is 0 Å². The van der Waals surface area contributed by atoms with E-state index in [4.69, 9.17) is 9.47 Å². The summed E-state index contributed by atoms with van der Waals surface area (Å²) in [6.07, 6.45) is 1.94. The number of hydrogen-bond acceptors (Lipinski definition) is 4. The summed E-state index contributed by atoms with van der Waals surface area (Å²) < 4.78 is 10.6. The van der Waals surface area contributed by atoms with Crippen LogP contribution in [0.2, 0.25) is 0 Å². The molecule has 1 N–H and O–H groups in total. The van der Waals surface area contributed by atoms with Gasteiger partial charge in [0.15, 0.2) is 11.5 Å². The Kier molecular flexibility index (Phi) is 6.98. The van der Waals surface area contributed by atoms with Crippen molar-refractivity contribution >= 4 is 11.8 Å². The summed E-state index contributed by atoms with van der Waals surface area (Å²) in [6, 6.07) is 15.7. The molecular formula is C24H30N2O4. The van der Waals surface area contributed by atoms with Crippen LogP contribution < -0.4 is 14.8 Å². The van der Waals surface area contributed by atoms with Crippen molar-refractivity contribution in [1.29, 1.82) is 0 Å². The SMILES string of the molecule is COc1ccc(CCNC(=O)C2(c3ccccc3)CCN(C(C)=O)CC2)cc1OC. The fourth-order valence-corrected chi connectivity index (χ4v) is 4.13. The summed E-state index contributed by atoms with van der Waals surface area (Å²) in [6.45, 7) is 3.29. The minimum absolute atomic E-state index is 0.0254. The van der Waals surface area contributed by atoms with Crippen LogP contribution in [0.5, 0.6) is 11.5 Å². The van der Waals surface area contributed by atoms with Crippen LogP contribution >= 0.6 is 0 Å². The largest absolute Gasteiger partial charge is 0.493 e. The van der Waals surface area contributed by atoms with Gasteiger partial charge >= 0.3 is 0 Å². The fraction of sp³-hybridized carbons (Fsp3) is 0.417. The third-order valence-electron chi connectivity index (χ3n) is 5.97. The van der Waals surface area contributed by atoms with E-state index >= 15 is 0 Å². The first-order chi connectivity index (χ1) is 14.5. The van der Waals surface area contributed by atoms with Crippen molar-refractivity contribution in [3.63, 3.8) is 0 Å². The molecule has 1 aliphatic heterocycles. The van der Waals surface area contributed by atoms with E-state index in [-0.39, 0.29) is 11.8 Å². The first kappa shape index (κ1) is 21.7. The van der Waals surface area contributed by atoms with Crippen molar-refractivity contribution in [2.45, 2.75) is 31.6 Å². The van der Waals surface area contributed by atoms with E-state index in [1.807, 2.05) is 53.4 Å². The van der Waals surface area contributed by atoms with E-state index in [9.17, 15) is 9.59 Å². The molecule has 0 bridgehead atoms. The lowest BCUT2D eigenvalue weighted by Gasteiger charge is -2.40. The Bertz CT molecular complexity index is 874. The maximum absolute atomic E-state index is 13.4. The molecule has 30 heavy (non-hydrogen) atoms. The molecule has 2 amide bonds. The Morgan fingerprint density at radius 3 is 2.27 bits per heavy atom. The number of carbonyl (C=O) groups is 2. The van der Waals surface area contributed by atoms with E-state index < -0.39 is 5.41 Å². The average Bonchev–Trinajstić information content (AvgIpc) is 2.79. The van der Waals surface area contributed by atoms with E-state index in [2.05, 4.69) is 5.32 Å². The Morgan fingerprint density at radius 1 is 1.00 bits per heavy atom. The molecule has 2 aromatic rings. The van der Waals surface area contributed by atoms with Crippen molar-refractivity contribution in [3.05, 3.63) is 59.7 Å². The molecule has 0 aliphatic carbocycles. The van der Waals surface area contributed by atoms with Gasteiger partial charge in [-0.15, -0.1) is 0 Å². The first-order valence-corrected chi connectivity index (χ1v) is 10.3. The molecule has 0 radical (unpaired) electrons. The molecule has 1 saturated heterocycles. The van der Waals surface area contributed by atoms with Gasteiger partial charge in [0.05, 0.1) is 19.6 Å². The molecule has 0 unspecified atom stereocenters. The third-order valence-corrected chi connectivity index (χ3v) is 5.97. The standard InChI is InChI=1S/C24H30N2O4/c1-18(27)26-15-12-24(13-16-26,20-7-5-4-6-8-20)23(28)25-14-11-19-9-10-21(29-2)22(17-19)30-3/h4-10,17H,11-16H2,1-3H3,(H,25,28). The van der Waals surface area contributed by atoms with E-state index in [0.29, 0.717) is 50.4 Å². The van der Waals surface area contributed by atoms with Gasteiger partial charge in [-0.2, -0.15) is 0 Å². The van der Waals surface area contributed by atoms with Crippen LogP contribution in [0.25, 0.3) is 0 Å². The van der Waals surface area contributed by atoms with Crippen LogP contribution in [0.3, 0.4) is 0 Å². The molecule has 0 aromatic heterocycles. The molecule has 6 heteroatoms. The number of ether oxygens (including phenoxy) is 2. The Hall–Kier alpha value is -3.02. The summed E-state index contributed by atoms with van der Waals surface area (Å²) >= 11 is 0. The molecular weight excluding hydrogens is 380 g/mol. The van der Waals surface area contributed by atoms with E-state index in [0.717, 1.165) is 11.1 Å². The molecule has 0 spiro atoms.